The van der Waals surface area contributed by atoms with Crippen LogP contribution in [0.4, 0.5) is 16.2 Å². The average Bonchev–Trinajstić information content (AvgIpc) is 2.83. The van der Waals surface area contributed by atoms with Gasteiger partial charge in [0.1, 0.15) is 11.3 Å². The summed E-state index contributed by atoms with van der Waals surface area (Å²) >= 11 is 21.2. The summed E-state index contributed by atoms with van der Waals surface area (Å²) in [6.07, 6.45) is 1.34. The fraction of sp³-hybridized carbons (Fsp3) is 0.0400. The molecular weight excluding hydrogens is 609 g/mol. The number of nitrogens with one attached hydrogen (secondary N) is 2. The van der Waals surface area contributed by atoms with Gasteiger partial charge in [-0.1, -0.05) is 46.9 Å². The molecule has 0 saturated carbocycles. The number of nitrogens with zero attached hydrogens (tertiary/aromatic N) is 1. The highest BCUT2D eigenvalue weighted by molar-refractivity contribution is 9.10. The molecule has 1 aliphatic heterocycles. The number of hydrogen-bond donors (Lipinski definition) is 2. The van der Waals surface area contributed by atoms with Gasteiger partial charge in [-0.25, -0.2) is 9.69 Å². The lowest BCUT2D eigenvalue weighted by molar-refractivity contribution is -0.122. The number of carbonyl (C=O) groups excluding carboxylic acids is 4. The third-order valence-corrected chi connectivity index (χ3v) is 6.59. The fourth-order valence-corrected chi connectivity index (χ4v) is 4.31. The van der Waals surface area contributed by atoms with Crippen molar-refractivity contribution in [2.45, 2.75) is 0 Å². The summed E-state index contributed by atoms with van der Waals surface area (Å²) in [5, 5.41) is 5.79. The van der Waals surface area contributed by atoms with E-state index >= 15 is 0 Å². The molecule has 0 aliphatic carbocycles. The fourth-order valence-electron chi connectivity index (χ4n) is 3.31. The molecule has 5 amide bonds. The van der Waals surface area contributed by atoms with Crippen molar-refractivity contribution in [1.82, 2.24) is 5.32 Å². The maximum Gasteiger partial charge on any atom is 0.335 e. The Kier molecular flexibility index (Phi) is 8.19. The lowest BCUT2D eigenvalue weighted by Gasteiger charge is -2.26. The number of carbonyl (C=O) groups is 4. The van der Waals surface area contributed by atoms with E-state index in [4.69, 9.17) is 39.5 Å². The molecule has 37 heavy (non-hydrogen) atoms. The van der Waals surface area contributed by atoms with Crippen molar-refractivity contribution in [2.24, 2.45) is 0 Å². The van der Waals surface area contributed by atoms with E-state index in [1.807, 2.05) is 0 Å². The smallest absolute Gasteiger partial charge is 0.335 e. The SMILES string of the molecule is O=C(COc1ccc(/C=C2\C(=O)NC(=O)N(c3cccc(Cl)c3)C2=O)cc1Br)Nc1ccc(Cl)c(Cl)c1. The van der Waals surface area contributed by atoms with Crippen molar-refractivity contribution in [1.29, 1.82) is 0 Å². The van der Waals surface area contributed by atoms with E-state index in [0.717, 1.165) is 4.90 Å². The average molecular weight is 624 g/mol. The predicted octanol–water partition coefficient (Wildman–Crippen LogP) is 6.09. The van der Waals surface area contributed by atoms with Crippen LogP contribution in [0.2, 0.25) is 15.1 Å². The van der Waals surface area contributed by atoms with Crippen molar-refractivity contribution in [3.05, 3.63) is 91.3 Å². The molecule has 8 nitrogen and oxygen atoms in total. The van der Waals surface area contributed by atoms with Crippen molar-refractivity contribution in [2.75, 3.05) is 16.8 Å². The van der Waals surface area contributed by atoms with Crippen LogP contribution >= 0.6 is 50.7 Å². The molecule has 0 aromatic heterocycles. The van der Waals surface area contributed by atoms with Gasteiger partial charge < -0.3 is 10.1 Å². The maximum atomic E-state index is 13.0. The maximum absolute atomic E-state index is 13.0. The Bertz CT molecular complexity index is 1480. The summed E-state index contributed by atoms with van der Waals surface area (Å²) in [5.41, 5.74) is 0.904. The summed E-state index contributed by atoms with van der Waals surface area (Å²) in [7, 11) is 0. The summed E-state index contributed by atoms with van der Waals surface area (Å²) < 4.78 is 6.03. The molecule has 3 aromatic carbocycles. The van der Waals surface area contributed by atoms with E-state index in [2.05, 4.69) is 26.6 Å². The quantitative estimate of drug-likeness (QED) is 0.255. The molecule has 2 N–H and O–H groups in total. The zero-order valence-corrected chi connectivity index (χ0v) is 22.4. The molecule has 188 valence electrons. The van der Waals surface area contributed by atoms with Gasteiger partial charge in [-0.2, -0.15) is 0 Å². The molecule has 0 bridgehead atoms. The number of barbiturate groups is 1. The Balaban J connectivity index is 1.47. The van der Waals surface area contributed by atoms with Crippen LogP contribution in [0.3, 0.4) is 0 Å². The minimum atomic E-state index is -0.876. The van der Waals surface area contributed by atoms with E-state index in [1.54, 1.807) is 42.5 Å². The number of rotatable bonds is 6. The lowest BCUT2D eigenvalue weighted by atomic mass is 10.1. The second-order valence-corrected chi connectivity index (χ2v) is 9.70. The Morgan fingerprint density at radius 2 is 1.78 bits per heavy atom. The summed E-state index contributed by atoms with van der Waals surface area (Å²) in [6.45, 7) is -0.295. The van der Waals surface area contributed by atoms with Crippen molar-refractivity contribution < 1.29 is 23.9 Å². The van der Waals surface area contributed by atoms with Gasteiger partial charge in [0, 0.05) is 10.7 Å². The molecule has 12 heteroatoms. The van der Waals surface area contributed by atoms with Gasteiger partial charge in [0.2, 0.25) is 0 Å². The second kappa shape index (κ2) is 11.4. The first-order chi connectivity index (χ1) is 17.6. The molecule has 1 fully saturated rings. The van der Waals surface area contributed by atoms with Crippen LogP contribution in [0.1, 0.15) is 5.56 Å². The molecule has 0 radical (unpaired) electrons. The highest BCUT2D eigenvalue weighted by Crippen LogP contribution is 2.29. The Morgan fingerprint density at radius 3 is 2.49 bits per heavy atom. The number of hydrogen-bond acceptors (Lipinski definition) is 5. The van der Waals surface area contributed by atoms with Crippen molar-refractivity contribution in [3.8, 4) is 5.75 Å². The summed E-state index contributed by atoms with van der Waals surface area (Å²) in [5.74, 6) is -1.71. The van der Waals surface area contributed by atoms with Crippen LogP contribution in [-0.2, 0) is 14.4 Å². The minimum Gasteiger partial charge on any atom is -0.483 e. The number of ether oxygens (including phenoxy) is 1. The number of amides is 5. The molecule has 0 unspecified atom stereocenters. The summed E-state index contributed by atoms with van der Waals surface area (Å²) in [6, 6.07) is 14.7. The van der Waals surface area contributed by atoms with E-state index in [0.29, 0.717) is 36.5 Å². The van der Waals surface area contributed by atoms with Gasteiger partial charge in [0.15, 0.2) is 6.61 Å². The standard InChI is InChI=1S/C25H15BrCl3N3O5/c26-18-9-13(4-7-21(18)37-12-22(33)30-15-5-6-19(28)20(29)11-15)8-17-23(34)31-25(36)32(24(17)35)16-3-1-2-14(27)10-16/h1-11H,12H2,(H,30,33)(H,31,34,36)/b17-8+. The Morgan fingerprint density at radius 1 is 1.00 bits per heavy atom. The zero-order valence-electron chi connectivity index (χ0n) is 18.6. The Labute approximate surface area is 234 Å². The van der Waals surface area contributed by atoms with Gasteiger partial charge in [-0.05, 0) is 76.1 Å². The molecule has 0 atom stereocenters. The number of halogens is 4. The molecule has 4 rings (SSSR count). The number of anilines is 2. The van der Waals surface area contributed by atoms with Gasteiger partial charge >= 0.3 is 6.03 Å². The first-order valence-electron chi connectivity index (χ1n) is 10.5. The van der Waals surface area contributed by atoms with Crippen LogP contribution in [0.5, 0.6) is 5.75 Å². The van der Waals surface area contributed by atoms with Crippen LogP contribution in [0, 0.1) is 0 Å². The minimum absolute atomic E-state index is 0.220. The molecule has 1 heterocycles. The normalized spacial score (nSPS) is 14.5. The first kappa shape index (κ1) is 26.7. The van der Waals surface area contributed by atoms with Crippen LogP contribution < -0.4 is 20.3 Å². The van der Waals surface area contributed by atoms with Crippen molar-refractivity contribution >= 4 is 91.9 Å². The topological polar surface area (TPSA) is 105 Å². The van der Waals surface area contributed by atoms with E-state index in [1.165, 1.54) is 24.3 Å². The number of urea groups is 1. The summed E-state index contributed by atoms with van der Waals surface area (Å²) in [4.78, 5) is 50.8. The molecule has 1 saturated heterocycles. The van der Waals surface area contributed by atoms with E-state index in [9.17, 15) is 19.2 Å². The highest BCUT2D eigenvalue weighted by Gasteiger charge is 2.36. The molecule has 1 aliphatic rings. The zero-order chi connectivity index (χ0) is 26.7. The van der Waals surface area contributed by atoms with Crippen molar-refractivity contribution in [3.63, 3.8) is 0 Å². The molecule has 0 spiro atoms. The molecular formula is C25H15BrCl3N3O5. The Hall–Kier alpha value is -3.37. The van der Waals surface area contributed by atoms with E-state index in [-0.39, 0.29) is 17.9 Å². The van der Waals surface area contributed by atoms with E-state index < -0.39 is 23.8 Å². The number of benzene rings is 3. The van der Waals surface area contributed by atoms with Gasteiger partial charge in [0.25, 0.3) is 17.7 Å². The van der Waals surface area contributed by atoms with Crippen LogP contribution in [0.15, 0.2) is 70.7 Å². The van der Waals surface area contributed by atoms with Gasteiger partial charge in [-0.3, -0.25) is 19.7 Å². The monoisotopic (exact) mass is 621 g/mol. The highest BCUT2D eigenvalue weighted by atomic mass is 79.9. The largest absolute Gasteiger partial charge is 0.483 e. The van der Waals surface area contributed by atoms with Crippen LogP contribution in [-0.4, -0.2) is 30.4 Å². The van der Waals surface area contributed by atoms with Crippen LogP contribution in [0.25, 0.3) is 6.08 Å². The molecule has 3 aromatic rings. The third-order valence-electron chi connectivity index (χ3n) is 5.00. The predicted molar refractivity (Wildman–Crippen MR) is 145 cm³/mol. The van der Waals surface area contributed by atoms with Gasteiger partial charge in [0.05, 0.1) is 20.2 Å². The van der Waals surface area contributed by atoms with Gasteiger partial charge in [-0.15, -0.1) is 0 Å². The lowest BCUT2D eigenvalue weighted by Crippen LogP contribution is -2.54. The number of imide groups is 2. The second-order valence-electron chi connectivity index (χ2n) is 7.59. The third kappa shape index (κ3) is 6.31. The first-order valence-corrected chi connectivity index (χ1v) is 12.4.